The number of anilines is 1. The second-order valence-electron chi connectivity index (χ2n) is 7.67. The number of rotatable bonds is 6. The summed E-state index contributed by atoms with van der Waals surface area (Å²) >= 11 is 3.47. The maximum atomic E-state index is 12.5. The first-order valence-corrected chi connectivity index (χ1v) is 10.9. The molecule has 0 aromatic heterocycles. The number of aryl methyl sites for hydroxylation is 1. The van der Waals surface area contributed by atoms with E-state index in [1.54, 1.807) is 4.90 Å². The molecule has 0 spiro atoms. The summed E-state index contributed by atoms with van der Waals surface area (Å²) < 4.78 is 1.00. The summed E-state index contributed by atoms with van der Waals surface area (Å²) in [5.41, 5.74) is 1.89. The topological polar surface area (TPSA) is 69.7 Å². The average molecular weight is 450 g/mol. The number of likely N-dealkylation sites (tertiary alicyclic amines) is 1. The standard InChI is InChI=1S/C21H28BrN3O3/c1-15-12-17(7-8-18(15)22)25-14-16(13-20(25)27)21(28)23-9-5-11-24-10-4-2-3-6-19(24)26/h7-8,12,16H,2-6,9-11,13-14H2,1H3,(H,23,28). The highest BCUT2D eigenvalue weighted by atomic mass is 79.9. The largest absolute Gasteiger partial charge is 0.356 e. The number of halogens is 1. The second-order valence-corrected chi connectivity index (χ2v) is 8.53. The monoisotopic (exact) mass is 449 g/mol. The van der Waals surface area contributed by atoms with E-state index in [9.17, 15) is 14.4 Å². The number of hydrogen-bond acceptors (Lipinski definition) is 3. The minimum Gasteiger partial charge on any atom is -0.356 e. The molecular formula is C21H28BrN3O3. The molecule has 1 N–H and O–H groups in total. The lowest BCUT2D eigenvalue weighted by atomic mass is 10.1. The molecule has 1 aromatic rings. The van der Waals surface area contributed by atoms with Gasteiger partial charge in [-0.2, -0.15) is 0 Å². The van der Waals surface area contributed by atoms with Gasteiger partial charge in [0.1, 0.15) is 0 Å². The fourth-order valence-electron chi connectivity index (χ4n) is 3.83. The normalized spacial score (nSPS) is 20.4. The van der Waals surface area contributed by atoms with Crippen molar-refractivity contribution in [3.05, 3.63) is 28.2 Å². The van der Waals surface area contributed by atoms with E-state index in [0.717, 1.165) is 48.0 Å². The van der Waals surface area contributed by atoms with Crippen molar-refractivity contribution in [2.24, 2.45) is 5.92 Å². The third-order valence-corrected chi connectivity index (χ3v) is 6.41. The Labute approximate surface area is 174 Å². The van der Waals surface area contributed by atoms with Gasteiger partial charge < -0.3 is 15.1 Å². The van der Waals surface area contributed by atoms with Crippen LogP contribution in [0.4, 0.5) is 5.69 Å². The number of carbonyl (C=O) groups is 3. The third-order valence-electron chi connectivity index (χ3n) is 5.52. The zero-order chi connectivity index (χ0) is 20.1. The summed E-state index contributed by atoms with van der Waals surface area (Å²) in [4.78, 5) is 40.5. The number of amides is 3. The fraction of sp³-hybridized carbons (Fsp3) is 0.571. The van der Waals surface area contributed by atoms with Crippen LogP contribution in [0.15, 0.2) is 22.7 Å². The summed E-state index contributed by atoms with van der Waals surface area (Å²) in [6.07, 6.45) is 4.79. The molecule has 2 saturated heterocycles. The molecule has 28 heavy (non-hydrogen) atoms. The predicted molar refractivity (Wildman–Crippen MR) is 112 cm³/mol. The molecule has 1 atom stereocenters. The first-order valence-electron chi connectivity index (χ1n) is 10.1. The molecule has 152 valence electrons. The zero-order valence-electron chi connectivity index (χ0n) is 16.4. The Morgan fingerprint density at radius 1 is 1.21 bits per heavy atom. The Balaban J connectivity index is 1.45. The lowest BCUT2D eigenvalue weighted by Gasteiger charge is -2.20. The molecule has 0 saturated carbocycles. The van der Waals surface area contributed by atoms with Crippen molar-refractivity contribution in [1.29, 1.82) is 0 Å². The van der Waals surface area contributed by atoms with Crippen LogP contribution < -0.4 is 10.2 Å². The summed E-state index contributed by atoms with van der Waals surface area (Å²) in [6, 6.07) is 5.78. The van der Waals surface area contributed by atoms with Gasteiger partial charge in [-0.05, 0) is 49.9 Å². The molecule has 0 aliphatic carbocycles. The van der Waals surface area contributed by atoms with Crippen molar-refractivity contribution in [2.75, 3.05) is 31.1 Å². The van der Waals surface area contributed by atoms with E-state index in [-0.39, 0.29) is 30.1 Å². The van der Waals surface area contributed by atoms with E-state index in [1.165, 1.54) is 0 Å². The first-order chi connectivity index (χ1) is 13.5. The van der Waals surface area contributed by atoms with Crippen molar-refractivity contribution in [1.82, 2.24) is 10.2 Å². The quantitative estimate of drug-likeness (QED) is 0.678. The van der Waals surface area contributed by atoms with Crippen LogP contribution in [0, 0.1) is 12.8 Å². The molecule has 1 unspecified atom stereocenters. The van der Waals surface area contributed by atoms with Crippen molar-refractivity contribution in [3.63, 3.8) is 0 Å². The first kappa shape index (κ1) is 20.8. The van der Waals surface area contributed by atoms with Crippen LogP contribution >= 0.6 is 15.9 Å². The molecule has 2 fully saturated rings. The molecule has 2 heterocycles. The number of benzene rings is 1. The van der Waals surface area contributed by atoms with Crippen molar-refractivity contribution in [3.8, 4) is 0 Å². The highest BCUT2D eigenvalue weighted by Crippen LogP contribution is 2.28. The minimum absolute atomic E-state index is 0.0166. The van der Waals surface area contributed by atoms with E-state index < -0.39 is 0 Å². The Kier molecular flexibility index (Phi) is 7.10. The fourth-order valence-corrected chi connectivity index (χ4v) is 4.08. The van der Waals surface area contributed by atoms with Crippen LogP contribution in [0.1, 0.15) is 44.1 Å². The van der Waals surface area contributed by atoms with Gasteiger partial charge in [-0.1, -0.05) is 22.4 Å². The minimum atomic E-state index is -0.323. The molecule has 6 nitrogen and oxygen atoms in total. The molecule has 1 aromatic carbocycles. The van der Waals surface area contributed by atoms with E-state index in [1.807, 2.05) is 30.0 Å². The van der Waals surface area contributed by atoms with Crippen LogP contribution in [-0.4, -0.2) is 48.8 Å². The maximum Gasteiger partial charge on any atom is 0.227 e. The van der Waals surface area contributed by atoms with Gasteiger partial charge in [-0.25, -0.2) is 0 Å². The van der Waals surface area contributed by atoms with E-state index in [2.05, 4.69) is 21.2 Å². The Morgan fingerprint density at radius 3 is 2.82 bits per heavy atom. The summed E-state index contributed by atoms with van der Waals surface area (Å²) in [5, 5.41) is 2.94. The Hall–Kier alpha value is -1.89. The van der Waals surface area contributed by atoms with Crippen molar-refractivity contribution < 1.29 is 14.4 Å². The van der Waals surface area contributed by atoms with Crippen LogP contribution in [-0.2, 0) is 14.4 Å². The predicted octanol–water partition coefficient (Wildman–Crippen LogP) is 3.02. The molecule has 2 aliphatic rings. The number of hydrogen-bond donors (Lipinski definition) is 1. The molecule has 0 bridgehead atoms. The van der Waals surface area contributed by atoms with Gasteiger partial charge in [-0.3, -0.25) is 14.4 Å². The molecular weight excluding hydrogens is 422 g/mol. The lowest BCUT2D eigenvalue weighted by Crippen LogP contribution is -2.36. The van der Waals surface area contributed by atoms with Crippen LogP contribution in [0.5, 0.6) is 0 Å². The van der Waals surface area contributed by atoms with E-state index in [0.29, 0.717) is 26.1 Å². The smallest absolute Gasteiger partial charge is 0.227 e. The van der Waals surface area contributed by atoms with Gasteiger partial charge in [0.05, 0.1) is 5.92 Å². The maximum absolute atomic E-state index is 12.5. The van der Waals surface area contributed by atoms with Crippen LogP contribution in [0.3, 0.4) is 0 Å². The van der Waals surface area contributed by atoms with Crippen molar-refractivity contribution in [2.45, 2.75) is 45.4 Å². The van der Waals surface area contributed by atoms with Crippen LogP contribution in [0.2, 0.25) is 0 Å². The summed E-state index contributed by atoms with van der Waals surface area (Å²) in [6.45, 7) is 4.44. The summed E-state index contributed by atoms with van der Waals surface area (Å²) in [5.74, 6) is -0.189. The molecule has 2 aliphatic heterocycles. The number of carbonyl (C=O) groups excluding carboxylic acids is 3. The van der Waals surface area contributed by atoms with Crippen LogP contribution in [0.25, 0.3) is 0 Å². The van der Waals surface area contributed by atoms with Gasteiger partial charge in [0.15, 0.2) is 0 Å². The number of nitrogens with zero attached hydrogens (tertiary/aromatic N) is 2. The molecule has 3 amide bonds. The Morgan fingerprint density at radius 2 is 2.04 bits per heavy atom. The van der Waals surface area contributed by atoms with Crippen molar-refractivity contribution >= 4 is 39.3 Å². The van der Waals surface area contributed by atoms with E-state index >= 15 is 0 Å². The van der Waals surface area contributed by atoms with Gasteiger partial charge in [0.2, 0.25) is 17.7 Å². The summed E-state index contributed by atoms with van der Waals surface area (Å²) in [7, 11) is 0. The Bertz CT molecular complexity index is 752. The second kappa shape index (κ2) is 9.54. The SMILES string of the molecule is Cc1cc(N2CC(C(=O)NCCCN3CCCCCC3=O)CC2=O)ccc1Br. The third kappa shape index (κ3) is 5.13. The van der Waals surface area contributed by atoms with Gasteiger partial charge >= 0.3 is 0 Å². The number of nitrogens with one attached hydrogen (secondary N) is 1. The molecule has 0 radical (unpaired) electrons. The lowest BCUT2D eigenvalue weighted by molar-refractivity contribution is -0.130. The van der Waals surface area contributed by atoms with Gasteiger partial charge in [0, 0.05) is 49.2 Å². The highest BCUT2D eigenvalue weighted by Gasteiger charge is 2.35. The molecule has 7 heteroatoms. The van der Waals surface area contributed by atoms with Gasteiger partial charge in [-0.15, -0.1) is 0 Å². The average Bonchev–Trinajstić information content (AvgIpc) is 2.94. The highest BCUT2D eigenvalue weighted by molar-refractivity contribution is 9.10. The van der Waals surface area contributed by atoms with E-state index in [4.69, 9.17) is 0 Å². The molecule has 3 rings (SSSR count). The zero-order valence-corrected chi connectivity index (χ0v) is 18.0. The van der Waals surface area contributed by atoms with Gasteiger partial charge in [0.25, 0.3) is 0 Å².